The fourth-order valence-electron chi connectivity index (χ4n) is 1.65. The molecule has 0 bridgehead atoms. The maximum atomic E-state index is 6.22. The van der Waals surface area contributed by atoms with E-state index in [-0.39, 0.29) is 5.54 Å². The van der Waals surface area contributed by atoms with Gasteiger partial charge in [-0.3, -0.25) is 0 Å². The first kappa shape index (κ1) is 9.96. The van der Waals surface area contributed by atoms with Crippen LogP contribution in [0.1, 0.15) is 19.3 Å². The van der Waals surface area contributed by atoms with Gasteiger partial charge < -0.3 is 16.0 Å². The lowest BCUT2D eigenvalue weighted by molar-refractivity contribution is 0.260. The van der Waals surface area contributed by atoms with Gasteiger partial charge in [-0.25, -0.2) is 0 Å². The van der Waals surface area contributed by atoms with E-state index < -0.39 is 0 Å². The van der Waals surface area contributed by atoms with Crippen LogP contribution >= 0.6 is 0 Å². The van der Waals surface area contributed by atoms with Gasteiger partial charge in [0.2, 0.25) is 0 Å². The van der Waals surface area contributed by atoms with Crippen LogP contribution in [0.25, 0.3) is 0 Å². The van der Waals surface area contributed by atoms with Crippen molar-refractivity contribution in [2.45, 2.75) is 24.8 Å². The summed E-state index contributed by atoms with van der Waals surface area (Å²) in [5, 5.41) is 3.36. The second kappa shape index (κ2) is 4.21. The monoisotopic (exact) mass is 171 g/mol. The maximum absolute atomic E-state index is 6.22. The van der Waals surface area contributed by atoms with Crippen LogP contribution in [-0.2, 0) is 0 Å². The summed E-state index contributed by atoms with van der Waals surface area (Å²) in [6.07, 6.45) is 3.50. The molecule has 0 aliphatic carbocycles. The Labute approximate surface area is 75.3 Å². The summed E-state index contributed by atoms with van der Waals surface area (Å²) in [5.41, 5.74) is 6.28. The average Bonchev–Trinajstić information content (AvgIpc) is 2.03. The van der Waals surface area contributed by atoms with Gasteiger partial charge >= 0.3 is 0 Å². The molecule has 0 radical (unpaired) electrons. The Hall–Kier alpha value is -0.120. The van der Waals surface area contributed by atoms with Gasteiger partial charge in [-0.2, -0.15) is 0 Å². The van der Waals surface area contributed by atoms with Gasteiger partial charge in [-0.05, 0) is 46.4 Å². The molecule has 1 unspecified atom stereocenters. The summed E-state index contributed by atoms with van der Waals surface area (Å²) < 4.78 is 0. The molecular formula is C9H21N3. The smallest absolute Gasteiger partial charge is 0.0293 e. The third-order valence-corrected chi connectivity index (χ3v) is 2.56. The second-order valence-corrected chi connectivity index (χ2v) is 4.20. The van der Waals surface area contributed by atoms with Crippen molar-refractivity contribution in [2.75, 3.05) is 33.7 Å². The van der Waals surface area contributed by atoms with Crippen LogP contribution < -0.4 is 11.1 Å². The van der Waals surface area contributed by atoms with Crippen molar-refractivity contribution in [1.29, 1.82) is 0 Å². The molecule has 1 aliphatic rings. The van der Waals surface area contributed by atoms with Crippen LogP contribution in [0.4, 0.5) is 0 Å². The van der Waals surface area contributed by atoms with E-state index in [0.29, 0.717) is 0 Å². The van der Waals surface area contributed by atoms with Gasteiger partial charge in [0.05, 0.1) is 0 Å². The Morgan fingerprint density at radius 1 is 1.50 bits per heavy atom. The molecule has 12 heavy (non-hydrogen) atoms. The molecular weight excluding hydrogens is 150 g/mol. The molecule has 1 heterocycles. The molecule has 0 amide bonds. The number of hydrogen-bond acceptors (Lipinski definition) is 3. The van der Waals surface area contributed by atoms with E-state index in [1.807, 2.05) is 0 Å². The van der Waals surface area contributed by atoms with Gasteiger partial charge in [0, 0.05) is 12.1 Å². The molecule has 1 fully saturated rings. The first-order chi connectivity index (χ1) is 5.62. The lowest BCUT2D eigenvalue weighted by Crippen LogP contribution is -2.53. The van der Waals surface area contributed by atoms with Crippen LogP contribution in [-0.4, -0.2) is 44.2 Å². The number of nitrogens with two attached hydrogens (primary N) is 1. The van der Waals surface area contributed by atoms with Crippen molar-refractivity contribution in [3.05, 3.63) is 0 Å². The minimum Gasteiger partial charge on any atom is -0.324 e. The summed E-state index contributed by atoms with van der Waals surface area (Å²) in [6.45, 7) is 3.22. The first-order valence-corrected chi connectivity index (χ1v) is 4.77. The van der Waals surface area contributed by atoms with E-state index in [1.165, 1.54) is 12.8 Å². The van der Waals surface area contributed by atoms with Crippen LogP contribution in [0.5, 0.6) is 0 Å². The predicted octanol–water partition coefficient (Wildman–Crippen LogP) is 0.0190. The third kappa shape index (κ3) is 3.09. The highest BCUT2D eigenvalue weighted by Crippen LogP contribution is 2.16. The zero-order chi connectivity index (χ0) is 9.03. The summed E-state index contributed by atoms with van der Waals surface area (Å²) >= 11 is 0. The first-order valence-electron chi connectivity index (χ1n) is 4.77. The molecule has 1 rings (SSSR count). The summed E-state index contributed by atoms with van der Waals surface area (Å²) in [6, 6.07) is 0. The number of hydrogen-bond donors (Lipinski definition) is 2. The molecule has 3 heteroatoms. The number of piperidine rings is 1. The maximum Gasteiger partial charge on any atom is 0.0293 e. The molecule has 0 aromatic rings. The number of rotatable bonds is 3. The normalized spacial score (nSPS) is 31.0. The molecule has 1 saturated heterocycles. The van der Waals surface area contributed by atoms with E-state index in [1.54, 1.807) is 0 Å². The highest BCUT2D eigenvalue weighted by Gasteiger charge is 2.26. The average molecular weight is 171 g/mol. The Morgan fingerprint density at radius 3 is 2.75 bits per heavy atom. The summed E-state index contributed by atoms with van der Waals surface area (Å²) in [7, 11) is 4.19. The number of nitrogens with zero attached hydrogens (tertiary/aromatic N) is 1. The standard InChI is InChI=1S/C9H21N3/c1-12(2)7-5-9(10)4-3-6-11-8-9/h11H,3-8,10H2,1-2H3. The number of nitrogens with one attached hydrogen (secondary N) is 1. The summed E-state index contributed by atoms with van der Waals surface area (Å²) in [5.74, 6) is 0. The zero-order valence-corrected chi connectivity index (χ0v) is 8.27. The van der Waals surface area contributed by atoms with E-state index in [4.69, 9.17) is 5.73 Å². The van der Waals surface area contributed by atoms with Crippen LogP contribution in [0.2, 0.25) is 0 Å². The Morgan fingerprint density at radius 2 is 2.25 bits per heavy atom. The molecule has 1 atom stereocenters. The fraction of sp³-hybridized carbons (Fsp3) is 1.00. The second-order valence-electron chi connectivity index (χ2n) is 4.20. The van der Waals surface area contributed by atoms with E-state index >= 15 is 0 Å². The Bertz CT molecular complexity index is 128. The minimum atomic E-state index is 0.0581. The zero-order valence-electron chi connectivity index (χ0n) is 8.27. The molecule has 72 valence electrons. The molecule has 0 spiro atoms. The van der Waals surface area contributed by atoms with E-state index in [9.17, 15) is 0 Å². The van der Waals surface area contributed by atoms with Crippen molar-refractivity contribution in [1.82, 2.24) is 10.2 Å². The highest BCUT2D eigenvalue weighted by molar-refractivity contribution is 4.90. The van der Waals surface area contributed by atoms with Gasteiger partial charge in [-0.15, -0.1) is 0 Å². The molecule has 0 aromatic carbocycles. The fourth-order valence-corrected chi connectivity index (χ4v) is 1.65. The van der Waals surface area contributed by atoms with Crippen molar-refractivity contribution < 1.29 is 0 Å². The Balaban J connectivity index is 2.26. The Kier molecular flexibility index (Phi) is 3.50. The molecule has 3 nitrogen and oxygen atoms in total. The minimum absolute atomic E-state index is 0.0581. The highest BCUT2D eigenvalue weighted by atomic mass is 15.1. The quantitative estimate of drug-likeness (QED) is 0.629. The lowest BCUT2D eigenvalue weighted by atomic mass is 9.88. The van der Waals surface area contributed by atoms with Crippen molar-refractivity contribution in [3.63, 3.8) is 0 Å². The van der Waals surface area contributed by atoms with Gasteiger partial charge in [0.25, 0.3) is 0 Å². The topological polar surface area (TPSA) is 41.3 Å². The molecule has 0 saturated carbocycles. The van der Waals surface area contributed by atoms with Crippen molar-refractivity contribution >= 4 is 0 Å². The predicted molar refractivity (Wildman–Crippen MR) is 52.2 cm³/mol. The van der Waals surface area contributed by atoms with Gasteiger partial charge in [0.15, 0.2) is 0 Å². The van der Waals surface area contributed by atoms with E-state index in [0.717, 1.165) is 26.1 Å². The lowest BCUT2D eigenvalue weighted by Gasteiger charge is -2.34. The van der Waals surface area contributed by atoms with E-state index in [2.05, 4.69) is 24.3 Å². The van der Waals surface area contributed by atoms with Crippen LogP contribution in [0.15, 0.2) is 0 Å². The van der Waals surface area contributed by atoms with Crippen molar-refractivity contribution in [2.24, 2.45) is 5.73 Å². The van der Waals surface area contributed by atoms with Gasteiger partial charge in [-0.1, -0.05) is 0 Å². The van der Waals surface area contributed by atoms with Crippen molar-refractivity contribution in [3.8, 4) is 0 Å². The molecule has 1 aliphatic heterocycles. The van der Waals surface area contributed by atoms with Crippen LogP contribution in [0, 0.1) is 0 Å². The van der Waals surface area contributed by atoms with Crippen LogP contribution in [0.3, 0.4) is 0 Å². The summed E-state index contributed by atoms with van der Waals surface area (Å²) in [4.78, 5) is 2.20. The largest absolute Gasteiger partial charge is 0.324 e. The molecule has 0 aromatic heterocycles. The molecule has 3 N–H and O–H groups in total. The van der Waals surface area contributed by atoms with Gasteiger partial charge in [0.1, 0.15) is 0 Å². The third-order valence-electron chi connectivity index (χ3n) is 2.56. The SMILES string of the molecule is CN(C)CCC1(N)CCCNC1.